The number of piperidine rings is 1. The molecule has 0 spiro atoms. The van der Waals surface area contributed by atoms with Crippen LogP contribution in [0.3, 0.4) is 0 Å². The molecule has 13 nitrogen and oxygen atoms in total. The zero-order valence-electron chi connectivity index (χ0n) is 30.9. The summed E-state index contributed by atoms with van der Waals surface area (Å²) in [7, 11) is 3.18. The molecule has 0 amide bonds. The van der Waals surface area contributed by atoms with Gasteiger partial charge in [-0.05, 0) is 79.3 Å². The quantitative estimate of drug-likeness (QED) is 0.151. The van der Waals surface area contributed by atoms with E-state index in [9.17, 15) is 0 Å². The van der Waals surface area contributed by atoms with E-state index in [-0.39, 0.29) is 0 Å². The van der Waals surface area contributed by atoms with Gasteiger partial charge in [-0.25, -0.2) is 4.98 Å². The molecule has 53 heavy (non-hydrogen) atoms. The molecule has 15 heteroatoms. The van der Waals surface area contributed by atoms with Crippen LogP contribution in [-0.4, -0.2) is 125 Å². The predicted octanol–water partition coefficient (Wildman–Crippen LogP) is 5.25. The van der Waals surface area contributed by atoms with Crippen LogP contribution in [0.4, 0.5) is 28.8 Å². The van der Waals surface area contributed by atoms with Crippen LogP contribution < -0.4 is 30.9 Å². The molecule has 2 aromatic carbocycles. The molecule has 3 aromatic heterocycles. The summed E-state index contributed by atoms with van der Waals surface area (Å²) in [6.45, 7) is 14.5. The van der Waals surface area contributed by atoms with E-state index in [0.29, 0.717) is 11.8 Å². The molecule has 3 aliphatic heterocycles. The first-order valence-corrected chi connectivity index (χ1v) is 21.5. The van der Waals surface area contributed by atoms with E-state index in [0.717, 1.165) is 106 Å². The topological polar surface area (TPSA) is 124 Å². The lowest BCUT2D eigenvalue weighted by Crippen LogP contribution is -2.59. The average Bonchev–Trinajstić information content (AvgIpc) is 3.59. The molecule has 278 valence electrons. The molecule has 0 aliphatic carbocycles. The van der Waals surface area contributed by atoms with Gasteiger partial charge < -0.3 is 25.6 Å². The number of likely N-dealkylation sites (tertiary alicyclic amines) is 1. The Balaban J connectivity index is 1.01. The second-order valence-corrected chi connectivity index (χ2v) is 17.6. The molecule has 6 heterocycles. The lowest BCUT2D eigenvalue weighted by Gasteiger charge is -2.44. The molecule has 0 radical (unpaired) electrons. The molecule has 3 N–H and O–H groups in total. The van der Waals surface area contributed by atoms with Crippen LogP contribution in [0.5, 0.6) is 5.75 Å². The van der Waals surface area contributed by atoms with Crippen molar-refractivity contribution in [3.05, 3.63) is 59.7 Å². The maximum atomic E-state index is 6.02. The number of nitrogens with one attached hydrogen (secondary N) is 3. The number of benzene rings is 2. The van der Waals surface area contributed by atoms with Crippen molar-refractivity contribution < 1.29 is 4.74 Å². The fourth-order valence-electron chi connectivity index (χ4n) is 7.80. The third-order valence-corrected chi connectivity index (χ3v) is 12.7. The van der Waals surface area contributed by atoms with Crippen LogP contribution in [0.2, 0.25) is 0 Å². The number of nitrogens with zero attached hydrogens (tertiary/aromatic N) is 9. The van der Waals surface area contributed by atoms with Crippen LogP contribution in [0.25, 0.3) is 22.2 Å². The Bertz CT molecular complexity index is 2060. The van der Waals surface area contributed by atoms with Gasteiger partial charge in [0, 0.05) is 118 Å². The largest absolute Gasteiger partial charge is 0.494 e. The van der Waals surface area contributed by atoms with Crippen molar-refractivity contribution in [1.82, 2.24) is 44.8 Å². The Labute approximate surface area is 320 Å². The number of aromatic nitrogens is 6. The number of hydrogen-bond donors (Lipinski definition) is 3. The van der Waals surface area contributed by atoms with Crippen molar-refractivity contribution in [3.63, 3.8) is 0 Å². The molecule has 3 fully saturated rings. The van der Waals surface area contributed by atoms with Crippen molar-refractivity contribution >= 4 is 69.0 Å². The molecule has 0 atom stereocenters. The molecule has 0 unspecified atom stereocenters. The van der Waals surface area contributed by atoms with E-state index < -0.39 is 7.92 Å². The summed E-state index contributed by atoms with van der Waals surface area (Å²) in [5.74, 6) is 2.60. The zero-order valence-corrected chi connectivity index (χ0v) is 33.4. The normalized spacial score (nSPS) is 17.7. The number of piperazine rings is 1. The minimum atomic E-state index is -0.491. The zero-order chi connectivity index (χ0) is 36.5. The molecule has 8 rings (SSSR count). The summed E-state index contributed by atoms with van der Waals surface area (Å²) in [6, 6.07) is 9.10. The summed E-state index contributed by atoms with van der Waals surface area (Å²) < 4.78 is 8.62. The smallest absolute Gasteiger partial charge is 0.229 e. The predicted molar refractivity (Wildman–Crippen MR) is 219 cm³/mol. The summed E-state index contributed by atoms with van der Waals surface area (Å²) >= 11 is 3.67. The van der Waals surface area contributed by atoms with Gasteiger partial charge in [0.15, 0.2) is 0 Å². The van der Waals surface area contributed by atoms with Crippen molar-refractivity contribution in [2.24, 2.45) is 13.0 Å². The van der Waals surface area contributed by atoms with Crippen molar-refractivity contribution in [3.8, 4) is 16.9 Å². The minimum absolute atomic E-state index is 0.445. The molecule has 5 aromatic rings. The first-order chi connectivity index (χ1) is 25.8. The average molecular weight is 800 g/mol. The monoisotopic (exact) mass is 798 g/mol. The van der Waals surface area contributed by atoms with Gasteiger partial charge in [0.25, 0.3) is 0 Å². The van der Waals surface area contributed by atoms with E-state index in [1.165, 1.54) is 32.5 Å². The number of anilines is 5. The number of aryl methyl sites for hydroxylation is 1. The van der Waals surface area contributed by atoms with E-state index in [2.05, 4.69) is 104 Å². The SMILES string of the molecule is COc1cc(N2CCN(CC3CCN(C4CNC4)CC3)CC2)c(-c2cnn(C)c2)cc1Nc1ncc(Br)c(Nc2ccc3nccnc3c2P(C)C)n1. The Kier molecular flexibility index (Phi) is 10.8. The highest BCUT2D eigenvalue weighted by Crippen LogP contribution is 2.41. The van der Waals surface area contributed by atoms with Gasteiger partial charge >= 0.3 is 0 Å². The molecule has 3 aliphatic rings. The summed E-state index contributed by atoms with van der Waals surface area (Å²) in [5.41, 5.74) is 6.79. The van der Waals surface area contributed by atoms with Gasteiger partial charge in [0.1, 0.15) is 11.6 Å². The van der Waals surface area contributed by atoms with Gasteiger partial charge in [-0.2, -0.15) is 10.1 Å². The Morgan fingerprint density at radius 2 is 1.74 bits per heavy atom. The molecular weight excluding hydrogens is 751 g/mol. The first kappa shape index (κ1) is 36.1. The molecular formula is C38H48BrN12OP. The summed E-state index contributed by atoms with van der Waals surface area (Å²) in [5, 5.41) is 16.1. The number of ether oxygens (including phenoxy) is 1. The maximum Gasteiger partial charge on any atom is 0.229 e. The van der Waals surface area contributed by atoms with Crippen LogP contribution in [0.15, 0.2) is 59.7 Å². The van der Waals surface area contributed by atoms with Crippen molar-refractivity contribution in [2.75, 3.05) is 94.9 Å². The Hall–Kier alpha value is -3.94. The summed E-state index contributed by atoms with van der Waals surface area (Å²) in [6.07, 6.45) is 11.9. The lowest BCUT2D eigenvalue weighted by atomic mass is 9.94. The highest BCUT2D eigenvalue weighted by atomic mass is 79.9. The number of hydrogen-bond acceptors (Lipinski definition) is 12. The van der Waals surface area contributed by atoms with Crippen LogP contribution in [0, 0.1) is 5.92 Å². The standard InChI is InChI=1S/C38H48BrN12OP/c1-48-24-26(19-44-48)28-17-32(46-38-43-22-29(39)37(47-38)45-31-6-5-30-35(36(31)53(3)4)42-10-9-41-30)34(52-2)18-33(28)51-15-13-49(14-16-51)23-25-7-11-50(12-8-25)27-20-40-21-27/h5-6,9-10,17-19,22,24-25,27,40H,7-8,11-16,20-21,23H2,1-4H3,(H2,43,45,46,47). The van der Waals surface area contributed by atoms with Crippen molar-refractivity contribution in [1.29, 1.82) is 0 Å². The molecule has 3 saturated heterocycles. The number of rotatable bonds is 11. The summed E-state index contributed by atoms with van der Waals surface area (Å²) in [4.78, 5) is 26.6. The Morgan fingerprint density at radius 1 is 0.943 bits per heavy atom. The number of halogens is 1. The van der Waals surface area contributed by atoms with Gasteiger partial charge in [-0.3, -0.25) is 24.4 Å². The fraction of sp³-hybridized carbons (Fsp3) is 0.447. The maximum absolute atomic E-state index is 6.02. The second-order valence-electron chi connectivity index (χ2n) is 14.5. The van der Waals surface area contributed by atoms with Crippen molar-refractivity contribution in [2.45, 2.75) is 18.9 Å². The first-order valence-electron chi connectivity index (χ1n) is 18.4. The highest BCUT2D eigenvalue weighted by molar-refractivity contribution is 9.10. The Morgan fingerprint density at radius 3 is 2.43 bits per heavy atom. The highest BCUT2D eigenvalue weighted by Gasteiger charge is 2.30. The van der Waals surface area contributed by atoms with Gasteiger partial charge in [-0.15, -0.1) is 0 Å². The van der Waals surface area contributed by atoms with Crippen LogP contribution in [0.1, 0.15) is 12.8 Å². The number of fused-ring (bicyclic) bond motifs is 1. The van der Waals surface area contributed by atoms with E-state index >= 15 is 0 Å². The van der Waals surface area contributed by atoms with Crippen LogP contribution >= 0.6 is 23.9 Å². The van der Waals surface area contributed by atoms with Gasteiger partial charge in [-0.1, -0.05) is 7.92 Å². The van der Waals surface area contributed by atoms with E-state index in [4.69, 9.17) is 9.72 Å². The van der Waals surface area contributed by atoms with Gasteiger partial charge in [0.05, 0.1) is 34.5 Å². The number of methoxy groups -OCH3 is 1. The minimum Gasteiger partial charge on any atom is -0.494 e. The molecule has 0 bridgehead atoms. The van der Waals surface area contributed by atoms with E-state index in [1.54, 1.807) is 25.7 Å². The van der Waals surface area contributed by atoms with Gasteiger partial charge in [0.2, 0.25) is 5.95 Å². The van der Waals surface area contributed by atoms with Crippen LogP contribution in [-0.2, 0) is 7.05 Å². The second kappa shape index (κ2) is 15.8. The lowest BCUT2D eigenvalue weighted by molar-refractivity contribution is 0.0836. The van der Waals surface area contributed by atoms with E-state index in [1.807, 2.05) is 24.0 Å². The molecule has 0 saturated carbocycles. The third kappa shape index (κ3) is 7.84. The third-order valence-electron chi connectivity index (χ3n) is 10.8. The fourth-order valence-corrected chi connectivity index (χ4v) is 9.29.